The Bertz CT molecular complexity index is 217. The second-order valence-corrected chi connectivity index (χ2v) is 6.16. The molecule has 15 heavy (non-hydrogen) atoms. The molecule has 1 saturated carbocycles. The summed E-state index contributed by atoms with van der Waals surface area (Å²) in [6.07, 6.45) is 6.49. The molecule has 1 aliphatic rings. The third kappa shape index (κ3) is 3.98. The molecule has 1 rings (SSSR count). The van der Waals surface area contributed by atoms with Gasteiger partial charge in [0, 0.05) is 0 Å². The number of hydrogen-bond donors (Lipinski definition) is 1. The van der Waals surface area contributed by atoms with E-state index in [-0.39, 0.29) is 0 Å². The fraction of sp³-hybridized carbons (Fsp3) is 0.857. The zero-order valence-corrected chi connectivity index (χ0v) is 10.7. The van der Waals surface area contributed by atoms with Gasteiger partial charge in [0.05, 0.1) is 0 Å². The summed E-state index contributed by atoms with van der Waals surface area (Å²) in [6.45, 7) is 11.8. The third-order valence-corrected chi connectivity index (χ3v) is 3.92. The van der Waals surface area contributed by atoms with Crippen LogP contribution in [0.2, 0.25) is 0 Å². The topological polar surface area (TPSA) is 26.0 Å². The van der Waals surface area contributed by atoms with E-state index in [2.05, 4.69) is 27.4 Å². The van der Waals surface area contributed by atoms with Crippen LogP contribution in [0, 0.1) is 17.3 Å². The van der Waals surface area contributed by atoms with Gasteiger partial charge in [-0.1, -0.05) is 19.4 Å². The lowest BCUT2D eigenvalue weighted by Crippen LogP contribution is -2.34. The molecule has 1 aliphatic carbocycles. The summed E-state index contributed by atoms with van der Waals surface area (Å²) in [5.41, 5.74) is 7.71. The van der Waals surface area contributed by atoms with Crippen LogP contribution in [0.5, 0.6) is 0 Å². The van der Waals surface area contributed by atoms with Crippen LogP contribution in [0.15, 0.2) is 12.2 Å². The van der Waals surface area contributed by atoms with E-state index >= 15 is 0 Å². The van der Waals surface area contributed by atoms with Crippen molar-refractivity contribution in [3.63, 3.8) is 0 Å². The normalized spacial score (nSPS) is 30.1. The highest BCUT2D eigenvalue weighted by atomic mass is 14.6. The third-order valence-electron chi connectivity index (χ3n) is 3.92. The number of nitrogens with two attached hydrogens (primary N) is 1. The minimum Gasteiger partial charge on any atom is -0.330 e. The van der Waals surface area contributed by atoms with Crippen molar-refractivity contribution < 1.29 is 0 Å². The lowest BCUT2D eigenvalue weighted by Gasteiger charge is -2.40. The molecule has 0 bridgehead atoms. The molecule has 88 valence electrons. The van der Waals surface area contributed by atoms with E-state index in [1.165, 1.54) is 37.7 Å². The Morgan fingerprint density at radius 2 is 2.07 bits per heavy atom. The monoisotopic (exact) mass is 209 g/mol. The molecule has 1 heteroatoms. The predicted octanol–water partition coefficient (Wildman–Crippen LogP) is 3.74. The van der Waals surface area contributed by atoms with Crippen LogP contribution in [-0.2, 0) is 0 Å². The minimum absolute atomic E-state index is 0.533. The van der Waals surface area contributed by atoms with E-state index < -0.39 is 0 Å². The van der Waals surface area contributed by atoms with E-state index in [1.807, 2.05) is 0 Å². The van der Waals surface area contributed by atoms with Gasteiger partial charge >= 0.3 is 0 Å². The van der Waals surface area contributed by atoms with Gasteiger partial charge in [-0.15, -0.1) is 6.58 Å². The van der Waals surface area contributed by atoms with Crippen molar-refractivity contribution in [1.29, 1.82) is 0 Å². The van der Waals surface area contributed by atoms with E-state index in [4.69, 9.17) is 5.73 Å². The van der Waals surface area contributed by atoms with Crippen LogP contribution >= 0.6 is 0 Å². The molecule has 0 spiro atoms. The maximum Gasteiger partial charge on any atom is -0.00462 e. The molecule has 0 aliphatic heterocycles. The second kappa shape index (κ2) is 5.16. The fourth-order valence-corrected chi connectivity index (χ4v) is 2.87. The molecule has 2 unspecified atom stereocenters. The number of rotatable bonds is 4. The molecular weight excluding hydrogens is 182 g/mol. The largest absolute Gasteiger partial charge is 0.330 e. The minimum atomic E-state index is 0.533. The van der Waals surface area contributed by atoms with Gasteiger partial charge in [-0.25, -0.2) is 0 Å². The summed E-state index contributed by atoms with van der Waals surface area (Å²) < 4.78 is 0. The highest BCUT2D eigenvalue weighted by Gasteiger charge is 2.33. The summed E-state index contributed by atoms with van der Waals surface area (Å²) in [6, 6.07) is 0. The van der Waals surface area contributed by atoms with Crippen LogP contribution in [0.4, 0.5) is 0 Å². The van der Waals surface area contributed by atoms with Crippen molar-refractivity contribution in [2.24, 2.45) is 23.0 Å². The molecule has 0 amide bonds. The van der Waals surface area contributed by atoms with Crippen molar-refractivity contribution in [2.75, 3.05) is 6.54 Å². The van der Waals surface area contributed by atoms with E-state index in [0.717, 1.165) is 18.4 Å². The molecule has 2 N–H and O–H groups in total. The lowest BCUT2D eigenvalue weighted by atomic mass is 9.66. The molecule has 1 nitrogen and oxygen atoms in total. The second-order valence-electron chi connectivity index (χ2n) is 6.16. The summed E-state index contributed by atoms with van der Waals surface area (Å²) in [4.78, 5) is 0. The first-order chi connectivity index (χ1) is 6.94. The number of hydrogen-bond acceptors (Lipinski definition) is 1. The van der Waals surface area contributed by atoms with Crippen molar-refractivity contribution in [2.45, 2.75) is 52.9 Å². The van der Waals surface area contributed by atoms with Crippen molar-refractivity contribution in [3.05, 3.63) is 12.2 Å². The van der Waals surface area contributed by atoms with E-state index in [0.29, 0.717) is 5.41 Å². The van der Waals surface area contributed by atoms with E-state index in [9.17, 15) is 0 Å². The first-order valence-corrected chi connectivity index (χ1v) is 6.29. The summed E-state index contributed by atoms with van der Waals surface area (Å²) in [5, 5.41) is 0. The lowest BCUT2D eigenvalue weighted by molar-refractivity contribution is 0.115. The highest BCUT2D eigenvalue weighted by Crippen LogP contribution is 2.43. The predicted molar refractivity (Wildman–Crippen MR) is 67.7 cm³/mol. The van der Waals surface area contributed by atoms with Crippen LogP contribution < -0.4 is 5.73 Å². The van der Waals surface area contributed by atoms with Crippen LogP contribution in [-0.4, -0.2) is 6.54 Å². The molecule has 2 atom stereocenters. The molecule has 0 aromatic rings. The van der Waals surface area contributed by atoms with Gasteiger partial charge < -0.3 is 5.73 Å². The Labute approximate surface area is 95.1 Å². The van der Waals surface area contributed by atoms with Gasteiger partial charge in [-0.3, -0.25) is 0 Å². The summed E-state index contributed by atoms with van der Waals surface area (Å²) >= 11 is 0. The van der Waals surface area contributed by atoms with Crippen LogP contribution in [0.1, 0.15) is 52.9 Å². The molecule has 0 aromatic carbocycles. The zero-order chi connectivity index (χ0) is 11.5. The Hall–Kier alpha value is -0.300. The van der Waals surface area contributed by atoms with Crippen molar-refractivity contribution in [3.8, 4) is 0 Å². The Balaban J connectivity index is 2.51. The SMILES string of the molecule is C=C(C)CCC1CC(C)(C)CCC1CN. The van der Waals surface area contributed by atoms with Gasteiger partial charge in [-0.2, -0.15) is 0 Å². The van der Waals surface area contributed by atoms with Gasteiger partial charge in [0.2, 0.25) is 0 Å². The van der Waals surface area contributed by atoms with Crippen molar-refractivity contribution in [1.82, 2.24) is 0 Å². The molecule has 0 radical (unpaired) electrons. The van der Waals surface area contributed by atoms with Gasteiger partial charge in [-0.05, 0) is 62.8 Å². The van der Waals surface area contributed by atoms with Gasteiger partial charge in [0.1, 0.15) is 0 Å². The zero-order valence-electron chi connectivity index (χ0n) is 10.7. The standard InChI is InChI=1S/C14H27N/c1-11(2)5-6-12-9-14(3,4)8-7-13(12)10-15/h12-13H,1,5-10,15H2,2-4H3. The van der Waals surface area contributed by atoms with Crippen LogP contribution in [0.3, 0.4) is 0 Å². The Morgan fingerprint density at radius 3 is 2.60 bits per heavy atom. The maximum absolute atomic E-state index is 5.87. The van der Waals surface area contributed by atoms with Gasteiger partial charge in [0.25, 0.3) is 0 Å². The highest BCUT2D eigenvalue weighted by molar-refractivity contribution is 4.92. The first kappa shape index (κ1) is 12.8. The molecule has 0 aromatic heterocycles. The molecule has 1 fully saturated rings. The average Bonchev–Trinajstić information content (AvgIpc) is 2.13. The summed E-state index contributed by atoms with van der Waals surface area (Å²) in [5.74, 6) is 1.59. The Kier molecular flexibility index (Phi) is 4.39. The Morgan fingerprint density at radius 1 is 1.40 bits per heavy atom. The number of allylic oxidation sites excluding steroid dienone is 1. The van der Waals surface area contributed by atoms with Crippen LogP contribution in [0.25, 0.3) is 0 Å². The average molecular weight is 209 g/mol. The molecule has 0 heterocycles. The quantitative estimate of drug-likeness (QED) is 0.701. The van der Waals surface area contributed by atoms with Crippen molar-refractivity contribution >= 4 is 0 Å². The van der Waals surface area contributed by atoms with Gasteiger partial charge in [0.15, 0.2) is 0 Å². The van der Waals surface area contributed by atoms with E-state index in [1.54, 1.807) is 0 Å². The maximum atomic E-state index is 5.87. The first-order valence-electron chi connectivity index (χ1n) is 6.29. The molecular formula is C14H27N. The fourth-order valence-electron chi connectivity index (χ4n) is 2.87. The smallest absolute Gasteiger partial charge is 0.00462 e. The molecule has 0 saturated heterocycles. The summed E-state index contributed by atoms with van der Waals surface area (Å²) in [7, 11) is 0.